The van der Waals surface area contributed by atoms with E-state index in [1.54, 1.807) is 31.4 Å². The Morgan fingerprint density at radius 2 is 1.71 bits per heavy atom. The standard InChI is InChI=1S/C28H24N2O4/c1-33-26-16-21(9-14-25(26)34-18-20-5-3-2-4-6-20)15-24-27(22-10-11-22)29-30(28(24)32)23-12-7-19(17-31)8-13-23/h2-9,12-17,22H,10-11,18H2,1H3/b24-15-. The second-order valence-corrected chi connectivity index (χ2v) is 8.33. The number of ether oxygens (including phenoxy) is 2. The van der Waals surface area contributed by atoms with Crippen LogP contribution in [0.4, 0.5) is 5.69 Å². The monoisotopic (exact) mass is 452 g/mol. The van der Waals surface area contributed by atoms with E-state index in [1.807, 2.05) is 54.6 Å². The summed E-state index contributed by atoms with van der Waals surface area (Å²) < 4.78 is 11.5. The van der Waals surface area contributed by atoms with Gasteiger partial charge in [-0.1, -0.05) is 36.4 Å². The molecule has 1 amide bonds. The first-order chi connectivity index (χ1) is 16.7. The number of methoxy groups -OCH3 is 1. The van der Waals surface area contributed by atoms with E-state index < -0.39 is 0 Å². The summed E-state index contributed by atoms with van der Waals surface area (Å²) >= 11 is 0. The zero-order valence-electron chi connectivity index (χ0n) is 18.8. The van der Waals surface area contributed by atoms with Gasteiger partial charge in [-0.3, -0.25) is 9.59 Å². The van der Waals surface area contributed by atoms with Gasteiger partial charge < -0.3 is 9.47 Å². The number of aldehydes is 1. The van der Waals surface area contributed by atoms with Gasteiger partial charge in [0.2, 0.25) is 0 Å². The van der Waals surface area contributed by atoms with E-state index in [0.29, 0.717) is 40.8 Å². The predicted molar refractivity (Wildman–Crippen MR) is 131 cm³/mol. The molecule has 34 heavy (non-hydrogen) atoms. The molecule has 0 radical (unpaired) electrons. The van der Waals surface area contributed by atoms with Gasteiger partial charge in [-0.2, -0.15) is 10.1 Å². The van der Waals surface area contributed by atoms with Crippen LogP contribution in [-0.4, -0.2) is 25.0 Å². The van der Waals surface area contributed by atoms with E-state index in [9.17, 15) is 9.59 Å². The average Bonchev–Trinajstić information content (AvgIpc) is 3.68. The predicted octanol–water partition coefficient (Wildman–Crippen LogP) is 5.28. The number of carbonyl (C=O) groups is 2. The summed E-state index contributed by atoms with van der Waals surface area (Å²) in [7, 11) is 1.60. The highest BCUT2D eigenvalue weighted by Gasteiger charge is 2.39. The molecule has 0 bridgehead atoms. The molecule has 0 saturated heterocycles. The third kappa shape index (κ3) is 4.48. The Bertz CT molecular complexity index is 1280. The van der Waals surface area contributed by atoms with Gasteiger partial charge >= 0.3 is 0 Å². The first-order valence-corrected chi connectivity index (χ1v) is 11.2. The Morgan fingerprint density at radius 1 is 0.971 bits per heavy atom. The maximum Gasteiger partial charge on any atom is 0.280 e. The first kappa shape index (κ1) is 21.6. The minimum atomic E-state index is -0.177. The Labute approximate surface area is 198 Å². The van der Waals surface area contributed by atoms with Crippen LogP contribution < -0.4 is 14.5 Å². The van der Waals surface area contributed by atoms with E-state index in [2.05, 4.69) is 5.10 Å². The zero-order valence-corrected chi connectivity index (χ0v) is 18.8. The van der Waals surface area contributed by atoms with Crippen LogP contribution in [0.5, 0.6) is 11.5 Å². The van der Waals surface area contributed by atoms with Crippen molar-refractivity contribution in [2.45, 2.75) is 19.4 Å². The van der Waals surface area contributed by atoms with Crippen molar-refractivity contribution in [3.8, 4) is 11.5 Å². The molecule has 0 unspecified atom stereocenters. The third-order valence-corrected chi connectivity index (χ3v) is 5.88. The number of carbonyl (C=O) groups excluding carboxylic acids is 2. The summed E-state index contributed by atoms with van der Waals surface area (Å²) in [5.74, 6) is 1.36. The van der Waals surface area contributed by atoms with Crippen molar-refractivity contribution in [2.24, 2.45) is 11.0 Å². The molecule has 1 fully saturated rings. The number of hydrazone groups is 1. The molecule has 0 atom stereocenters. The lowest BCUT2D eigenvalue weighted by Gasteiger charge is -2.12. The van der Waals surface area contributed by atoms with E-state index in [4.69, 9.17) is 9.47 Å². The van der Waals surface area contributed by atoms with E-state index in [0.717, 1.165) is 36.0 Å². The largest absolute Gasteiger partial charge is 0.493 e. The van der Waals surface area contributed by atoms with Crippen molar-refractivity contribution < 1.29 is 19.1 Å². The van der Waals surface area contributed by atoms with Crippen LogP contribution in [0, 0.1) is 5.92 Å². The number of hydrogen-bond acceptors (Lipinski definition) is 5. The molecule has 0 spiro atoms. The van der Waals surface area contributed by atoms with Gasteiger partial charge in [-0.25, -0.2) is 0 Å². The summed E-state index contributed by atoms with van der Waals surface area (Å²) in [6.45, 7) is 0.437. The van der Waals surface area contributed by atoms with Crippen LogP contribution in [0.1, 0.15) is 34.3 Å². The van der Waals surface area contributed by atoms with Crippen molar-refractivity contribution in [3.05, 3.63) is 95.1 Å². The number of amides is 1. The van der Waals surface area contributed by atoms with Crippen molar-refractivity contribution in [3.63, 3.8) is 0 Å². The summed E-state index contributed by atoms with van der Waals surface area (Å²) in [5, 5.41) is 6.06. The molecule has 1 saturated carbocycles. The van der Waals surface area contributed by atoms with Gasteiger partial charge in [0, 0.05) is 11.5 Å². The third-order valence-electron chi connectivity index (χ3n) is 5.88. The summed E-state index contributed by atoms with van der Waals surface area (Å²) in [5.41, 5.74) is 4.49. The first-order valence-electron chi connectivity index (χ1n) is 11.2. The lowest BCUT2D eigenvalue weighted by atomic mass is 10.0. The van der Waals surface area contributed by atoms with Crippen molar-refractivity contribution in [2.75, 3.05) is 12.1 Å². The quantitative estimate of drug-likeness (QED) is 0.344. The molecule has 170 valence electrons. The van der Waals surface area contributed by atoms with Crippen molar-refractivity contribution >= 4 is 29.7 Å². The van der Waals surface area contributed by atoms with Crippen molar-refractivity contribution in [1.29, 1.82) is 0 Å². The molecular weight excluding hydrogens is 428 g/mol. The van der Waals surface area contributed by atoms with Crippen LogP contribution >= 0.6 is 0 Å². The second-order valence-electron chi connectivity index (χ2n) is 8.33. The average molecular weight is 453 g/mol. The highest BCUT2D eigenvalue weighted by Crippen LogP contribution is 2.39. The normalized spacial score (nSPS) is 16.5. The van der Waals surface area contributed by atoms with Crippen LogP contribution in [0.2, 0.25) is 0 Å². The maximum absolute atomic E-state index is 13.3. The van der Waals surface area contributed by atoms with Crippen LogP contribution in [0.3, 0.4) is 0 Å². The molecule has 0 N–H and O–H groups in total. The van der Waals surface area contributed by atoms with Gasteiger partial charge in [-0.15, -0.1) is 0 Å². The smallest absolute Gasteiger partial charge is 0.280 e. The molecule has 1 aliphatic carbocycles. The number of rotatable bonds is 8. The minimum absolute atomic E-state index is 0.177. The molecule has 0 aromatic heterocycles. The Kier molecular flexibility index (Phi) is 5.95. The van der Waals surface area contributed by atoms with Crippen LogP contribution in [0.25, 0.3) is 6.08 Å². The topological polar surface area (TPSA) is 68.2 Å². The highest BCUT2D eigenvalue weighted by atomic mass is 16.5. The van der Waals surface area contributed by atoms with Gasteiger partial charge in [0.05, 0.1) is 24.1 Å². The zero-order chi connectivity index (χ0) is 23.5. The van der Waals surface area contributed by atoms with Gasteiger partial charge in [0.25, 0.3) is 5.91 Å². The number of benzene rings is 3. The summed E-state index contributed by atoms with van der Waals surface area (Å²) in [6.07, 6.45) is 4.69. The molecule has 3 aromatic carbocycles. The van der Waals surface area contributed by atoms with E-state index in [-0.39, 0.29) is 5.91 Å². The van der Waals surface area contributed by atoms with Gasteiger partial charge in [0.15, 0.2) is 11.5 Å². The Hall–Kier alpha value is -4.19. The maximum atomic E-state index is 13.3. The minimum Gasteiger partial charge on any atom is -0.493 e. The lowest BCUT2D eigenvalue weighted by molar-refractivity contribution is -0.114. The van der Waals surface area contributed by atoms with E-state index in [1.165, 1.54) is 5.01 Å². The molecule has 1 heterocycles. The SMILES string of the molecule is COc1cc(/C=C2\C(=O)N(c3ccc(C=O)cc3)N=C2C2CC2)ccc1OCc1ccccc1. The molecule has 2 aliphatic rings. The van der Waals surface area contributed by atoms with Crippen LogP contribution in [0.15, 0.2) is 83.5 Å². The van der Waals surface area contributed by atoms with Gasteiger partial charge in [0.1, 0.15) is 12.9 Å². The Balaban J connectivity index is 1.40. The fourth-order valence-electron chi connectivity index (χ4n) is 3.89. The molecule has 5 rings (SSSR count). The lowest BCUT2D eigenvalue weighted by Crippen LogP contribution is -2.21. The molecule has 6 heteroatoms. The molecule has 3 aromatic rings. The highest BCUT2D eigenvalue weighted by molar-refractivity contribution is 6.33. The fourth-order valence-corrected chi connectivity index (χ4v) is 3.89. The second kappa shape index (κ2) is 9.35. The number of hydrogen-bond donors (Lipinski definition) is 0. The molecular formula is C28H24N2O4. The van der Waals surface area contributed by atoms with Gasteiger partial charge in [-0.05, 0) is 66.4 Å². The number of anilines is 1. The van der Waals surface area contributed by atoms with E-state index >= 15 is 0 Å². The van der Waals surface area contributed by atoms with Crippen molar-refractivity contribution in [1.82, 2.24) is 0 Å². The molecule has 6 nitrogen and oxygen atoms in total. The van der Waals surface area contributed by atoms with Crippen LogP contribution in [-0.2, 0) is 11.4 Å². The summed E-state index contributed by atoms with van der Waals surface area (Å²) in [4.78, 5) is 24.3. The summed E-state index contributed by atoms with van der Waals surface area (Å²) in [6, 6.07) is 22.4. The number of nitrogens with zero attached hydrogens (tertiary/aromatic N) is 2. The fraction of sp³-hybridized carbons (Fsp3) is 0.179. The Morgan fingerprint density at radius 3 is 2.38 bits per heavy atom. The molecule has 1 aliphatic heterocycles.